The summed E-state index contributed by atoms with van der Waals surface area (Å²) in [5, 5.41) is 2.82. The number of halogens is 2. The zero-order chi connectivity index (χ0) is 18.0. The molecule has 1 saturated heterocycles. The first-order valence-electron chi connectivity index (χ1n) is 8.09. The molecule has 0 spiro atoms. The maximum atomic E-state index is 13.9. The lowest BCUT2D eigenvalue weighted by Gasteiger charge is -2.19. The van der Waals surface area contributed by atoms with Crippen LogP contribution in [0, 0.1) is 17.6 Å². The number of amides is 2. The molecule has 1 aliphatic heterocycles. The standard InChI is InChI=1S/C19H18F2N2O2/c1-12(13-5-3-2-4-6-13)22-18(24)15-9-10-23(19(15)25)17-8-7-14(20)11-16(17)21/h2-8,11-12,15H,9-10H2,1H3,(H,22,24)/t12-,15+/m0/s1. The van der Waals surface area contributed by atoms with Crippen LogP contribution < -0.4 is 10.2 Å². The van der Waals surface area contributed by atoms with Crippen molar-refractivity contribution in [2.75, 3.05) is 11.4 Å². The van der Waals surface area contributed by atoms with Crippen molar-refractivity contribution in [1.29, 1.82) is 0 Å². The summed E-state index contributed by atoms with van der Waals surface area (Å²) in [5.74, 6) is -3.24. The van der Waals surface area contributed by atoms with E-state index in [2.05, 4.69) is 5.32 Å². The second-order valence-electron chi connectivity index (χ2n) is 6.07. The van der Waals surface area contributed by atoms with Crippen LogP contribution in [0.25, 0.3) is 0 Å². The van der Waals surface area contributed by atoms with E-state index in [0.717, 1.165) is 17.7 Å². The lowest BCUT2D eigenvalue weighted by Crippen LogP contribution is -2.38. The normalized spacial score (nSPS) is 18.3. The summed E-state index contributed by atoms with van der Waals surface area (Å²) in [6.45, 7) is 2.06. The van der Waals surface area contributed by atoms with E-state index in [0.29, 0.717) is 6.42 Å². The van der Waals surface area contributed by atoms with Gasteiger partial charge in [0.25, 0.3) is 0 Å². The van der Waals surface area contributed by atoms with Gasteiger partial charge >= 0.3 is 0 Å². The van der Waals surface area contributed by atoms with E-state index in [1.807, 2.05) is 37.3 Å². The highest BCUT2D eigenvalue weighted by Gasteiger charge is 2.38. The van der Waals surface area contributed by atoms with Gasteiger partial charge in [-0.1, -0.05) is 30.3 Å². The zero-order valence-corrected chi connectivity index (χ0v) is 13.7. The van der Waals surface area contributed by atoms with Gasteiger partial charge in [0.15, 0.2) is 0 Å². The number of nitrogens with one attached hydrogen (secondary N) is 1. The minimum Gasteiger partial charge on any atom is -0.349 e. The SMILES string of the molecule is C[C@H](NC(=O)[C@H]1CCN(c2ccc(F)cc2F)C1=O)c1ccccc1. The Labute approximate surface area is 144 Å². The van der Waals surface area contributed by atoms with E-state index in [1.165, 1.54) is 11.0 Å². The maximum Gasteiger partial charge on any atom is 0.239 e. The summed E-state index contributed by atoms with van der Waals surface area (Å²) in [5.41, 5.74) is 0.931. The molecule has 0 saturated carbocycles. The molecule has 3 rings (SSSR count). The van der Waals surface area contributed by atoms with E-state index in [4.69, 9.17) is 0 Å². The molecule has 0 bridgehead atoms. The highest BCUT2D eigenvalue weighted by molar-refractivity contribution is 6.09. The third-order valence-corrected chi connectivity index (χ3v) is 4.38. The van der Waals surface area contributed by atoms with Gasteiger partial charge in [-0.25, -0.2) is 8.78 Å². The summed E-state index contributed by atoms with van der Waals surface area (Å²) in [7, 11) is 0. The van der Waals surface area contributed by atoms with Gasteiger partial charge in [-0.2, -0.15) is 0 Å². The minimum absolute atomic E-state index is 0.00203. The number of anilines is 1. The van der Waals surface area contributed by atoms with Gasteiger partial charge in [0, 0.05) is 12.6 Å². The van der Waals surface area contributed by atoms with E-state index in [1.54, 1.807) is 0 Å². The fourth-order valence-electron chi connectivity index (χ4n) is 3.00. The average Bonchev–Trinajstić information content (AvgIpc) is 2.97. The van der Waals surface area contributed by atoms with Gasteiger partial charge < -0.3 is 10.2 Å². The Morgan fingerprint density at radius 2 is 1.92 bits per heavy atom. The Bertz CT molecular complexity index is 795. The van der Waals surface area contributed by atoms with E-state index in [9.17, 15) is 18.4 Å². The summed E-state index contributed by atoms with van der Waals surface area (Å²) in [6.07, 6.45) is 0.295. The van der Waals surface area contributed by atoms with Crippen molar-refractivity contribution in [3.05, 3.63) is 65.7 Å². The molecule has 0 radical (unpaired) electrons. The van der Waals surface area contributed by atoms with Gasteiger partial charge in [0.1, 0.15) is 17.6 Å². The molecule has 2 aromatic rings. The van der Waals surface area contributed by atoms with Gasteiger partial charge in [-0.3, -0.25) is 9.59 Å². The first kappa shape index (κ1) is 17.1. The first-order chi connectivity index (χ1) is 12.0. The molecule has 6 heteroatoms. The second-order valence-corrected chi connectivity index (χ2v) is 6.07. The van der Waals surface area contributed by atoms with Crippen molar-refractivity contribution in [3.63, 3.8) is 0 Å². The number of nitrogens with zero attached hydrogens (tertiary/aromatic N) is 1. The van der Waals surface area contributed by atoms with E-state index >= 15 is 0 Å². The summed E-state index contributed by atoms with van der Waals surface area (Å²) >= 11 is 0. The third kappa shape index (κ3) is 3.52. The van der Waals surface area contributed by atoms with Gasteiger partial charge in [-0.15, -0.1) is 0 Å². The van der Waals surface area contributed by atoms with E-state index in [-0.39, 0.29) is 24.2 Å². The van der Waals surface area contributed by atoms with Gasteiger partial charge in [0.2, 0.25) is 11.8 Å². The van der Waals surface area contributed by atoms with Crippen LogP contribution in [0.2, 0.25) is 0 Å². The van der Waals surface area contributed by atoms with Crippen LogP contribution in [0.15, 0.2) is 48.5 Å². The first-order valence-corrected chi connectivity index (χ1v) is 8.09. The molecule has 2 atom stereocenters. The smallest absolute Gasteiger partial charge is 0.239 e. The highest BCUT2D eigenvalue weighted by Crippen LogP contribution is 2.28. The van der Waals surface area contributed by atoms with Gasteiger partial charge in [-0.05, 0) is 31.0 Å². The number of hydrogen-bond donors (Lipinski definition) is 1. The molecule has 1 heterocycles. The van der Waals surface area contributed by atoms with Crippen molar-refractivity contribution in [2.24, 2.45) is 5.92 Å². The van der Waals surface area contributed by atoms with Crippen LogP contribution >= 0.6 is 0 Å². The Kier molecular flexibility index (Phi) is 4.79. The Morgan fingerprint density at radius 1 is 1.20 bits per heavy atom. The van der Waals surface area contributed by atoms with Crippen LogP contribution in [0.4, 0.5) is 14.5 Å². The molecule has 0 unspecified atom stereocenters. The molecule has 0 aliphatic carbocycles. The summed E-state index contributed by atoms with van der Waals surface area (Å²) in [4.78, 5) is 26.2. The van der Waals surface area contributed by atoms with Crippen molar-refractivity contribution in [2.45, 2.75) is 19.4 Å². The fraction of sp³-hybridized carbons (Fsp3) is 0.263. The van der Waals surface area contributed by atoms with Crippen molar-refractivity contribution in [1.82, 2.24) is 5.32 Å². The Balaban J connectivity index is 1.70. The number of benzene rings is 2. The molecular weight excluding hydrogens is 326 g/mol. The molecule has 1 N–H and O–H groups in total. The molecule has 130 valence electrons. The van der Waals surface area contributed by atoms with Crippen molar-refractivity contribution in [3.8, 4) is 0 Å². The monoisotopic (exact) mass is 344 g/mol. The zero-order valence-electron chi connectivity index (χ0n) is 13.7. The number of rotatable bonds is 4. The number of hydrogen-bond acceptors (Lipinski definition) is 2. The predicted octanol–water partition coefficient (Wildman–Crippen LogP) is 3.20. The minimum atomic E-state index is -0.865. The average molecular weight is 344 g/mol. The molecule has 0 aromatic heterocycles. The third-order valence-electron chi connectivity index (χ3n) is 4.38. The van der Waals surface area contributed by atoms with Crippen LogP contribution in [0.5, 0.6) is 0 Å². The molecular formula is C19H18F2N2O2. The largest absolute Gasteiger partial charge is 0.349 e. The van der Waals surface area contributed by atoms with E-state index < -0.39 is 23.5 Å². The fourth-order valence-corrected chi connectivity index (χ4v) is 3.00. The van der Waals surface area contributed by atoms with Crippen LogP contribution in [-0.4, -0.2) is 18.4 Å². The Morgan fingerprint density at radius 3 is 2.60 bits per heavy atom. The van der Waals surface area contributed by atoms with Crippen molar-refractivity contribution < 1.29 is 18.4 Å². The molecule has 2 amide bonds. The molecule has 1 aliphatic rings. The second kappa shape index (κ2) is 7.01. The topological polar surface area (TPSA) is 49.4 Å². The molecule has 2 aromatic carbocycles. The lowest BCUT2D eigenvalue weighted by molar-refractivity contribution is -0.132. The maximum absolute atomic E-state index is 13.9. The molecule has 25 heavy (non-hydrogen) atoms. The summed E-state index contributed by atoms with van der Waals surface area (Å²) < 4.78 is 26.9. The summed E-state index contributed by atoms with van der Waals surface area (Å²) in [6, 6.07) is 12.2. The quantitative estimate of drug-likeness (QED) is 0.866. The van der Waals surface area contributed by atoms with Gasteiger partial charge in [0.05, 0.1) is 11.7 Å². The lowest BCUT2D eigenvalue weighted by atomic mass is 10.0. The number of carbonyl (C=O) groups is 2. The highest BCUT2D eigenvalue weighted by atomic mass is 19.1. The van der Waals surface area contributed by atoms with Crippen LogP contribution in [0.1, 0.15) is 24.9 Å². The molecule has 4 nitrogen and oxygen atoms in total. The number of carbonyl (C=O) groups excluding carboxylic acids is 2. The molecule has 1 fully saturated rings. The Hall–Kier alpha value is -2.76. The van der Waals surface area contributed by atoms with Crippen molar-refractivity contribution >= 4 is 17.5 Å². The van der Waals surface area contributed by atoms with Crippen LogP contribution in [-0.2, 0) is 9.59 Å². The predicted molar refractivity (Wildman–Crippen MR) is 89.8 cm³/mol. The van der Waals surface area contributed by atoms with Crippen LogP contribution in [0.3, 0.4) is 0 Å².